The standard InChI is InChI=1S/C22H25ClN2O2/c1-16(26)24-20(17-8-10-19(23)11-9-17)14-21(27)25(2)15-22(12-13-22)18-6-4-3-5-7-18/h3-11,20H,12-15H2,1-2H3,(H,24,26). The first kappa shape index (κ1) is 19.4. The molecule has 1 fully saturated rings. The molecule has 0 aliphatic heterocycles. The first-order chi connectivity index (χ1) is 12.9. The number of amides is 2. The van der Waals surface area contributed by atoms with E-state index >= 15 is 0 Å². The van der Waals surface area contributed by atoms with E-state index in [2.05, 4.69) is 17.4 Å². The van der Waals surface area contributed by atoms with Crippen LogP contribution in [-0.4, -0.2) is 30.3 Å². The van der Waals surface area contributed by atoms with Gasteiger partial charge in [0.15, 0.2) is 0 Å². The maximum Gasteiger partial charge on any atom is 0.224 e. The summed E-state index contributed by atoms with van der Waals surface area (Å²) in [5.41, 5.74) is 2.25. The number of halogens is 1. The minimum absolute atomic E-state index is 0.0194. The van der Waals surface area contributed by atoms with E-state index in [0.717, 1.165) is 18.4 Å². The van der Waals surface area contributed by atoms with Crippen molar-refractivity contribution in [2.45, 2.75) is 37.6 Å². The van der Waals surface area contributed by atoms with E-state index in [-0.39, 0.29) is 29.7 Å². The Bertz CT molecular complexity index is 801. The van der Waals surface area contributed by atoms with Crippen LogP contribution >= 0.6 is 11.6 Å². The van der Waals surface area contributed by atoms with Crippen LogP contribution in [0.1, 0.15) is 43.4 Å². The highest BCUT2D eigenvalue weighted by atomic mass is 35.5. The maximum atomic E-state index is 12.9. The van der Waals surface area contributed by atoms with E-state index in [9.17, 15) is 9.59 Å². The highest BCUT2D eigenvalue weighted by Crippen LogP contribution is 2.48. The molecule has 1 N–H and O–H groups in total. The lowest BCUT2D eigenvalue weighted by Crippen LogP contribution is -2.37. The second-order valence-electron chi connectivity index (χ2n) is 7.40. The molecular formula is C22H25ClN2O2. The van der Waals surface area contributed by atoms with Gasteiger partial charge in [0.2, 0.25) is 11.8 Å². The van der Waals surface area contributed by atoms with Gasteiger partial charge < -0.3 is 10.2 Å². The number of hydrogen-bond donors (Lipinski definition) is 1. The molecule has 0 heterocycles. The van der Waals surface area contributed by atoms with Crippen LogP contribution in [0.4, 0.5) is 0 Å². The lowest BCUT2D eigenvalue weighted by molar-refractivity contribution is -0.131. The molecule has 1 unspecified atom stereocenters. The van der Waals surface area contributed by atoms with Crippen molar-refractivity contribution in [3.8, 4) is 0 Å². The van der Waals surface area contributed by atoms with Crippen LogP contribution in [0.25, 0.3) is 0 Å². The van der Waals surface area contributed by atoms with Crippen molar-refractivity contribution in [2.75, 3.05) is 13.6 Å². The Morgan fingerprint density at radius 1 is 1.11 bits per heavy atom. The molecule has 142 valence electrons. The third-order valence-electron chi connectivity index (χ3n) is 5.23. The van der Waals surface area contributed by atoms with E-state index in [1.165, 1.54) is 12.5 Å². The fraction of sp³-hybridized carbons (Fsp3) is 0.364. The summed E-state index contributed by atoms with van der Waals surface area (Å²) >= 11 is 5.95. The Hall–Kier alpha value is -2.33. The smallest absolute Gasteiger partial charge is 0.224 e. The Balaban J connectivity index is 1.68. The maximum absolute atomic E-state index is 12.9. The van der Waals surface area contributed by atoms with Crippen molar-refractivity contribution in [1.82, 2.24) is 10.2 Å². The normalized spacial score (nSPS) is 15.7. The van der Waals surface area contributed by atoms with Crippen LogP contribution in [0.15, 0.2) is 54.6 Å². The number of carbonyl (C=O) groups is 2. The Morgan fingerprint density at radius 2 is 1.74 bits per heavy atom. The van der Waals surface area contributed by atoms with Gasteiger partial charge in [-0.2, -0.15) is 0 Å². The summed E-state index contributed by atoms with van der Waals surface area (Å²) < 4.78 is 0. The number of benzene rings is 2. The van der Waals surface area contributed by atoms with Gasteiger partial charge in [-0.05, 0) is 36.1 Å². The minimum Gasteiger partial charge on any atom is -0.349 e. The molecule has 1 atom stereocenters. The average molecular weight is 385 g/mol. The zero-order valence-corrected chi connectivity index (χ0v) is 16.5. The fourth-order valence-electron chi connectivity index (χ4n) is 3.55. The average Bonchev–Trinajstić information content (AvgIpc) is 3.43. The van der Waals surface area contributed by atoms with Crippen LogP contribution in [0.2, 0.25) is 5.02 Å². The Labute approximate surface area is 165 Å². The van der Waals surface area contributed by atoms with Gasteiger partial charge in [-0.1, -0.05) is 54.1 Å². The molecule has 1 aliphatic carbocycles. The Morgan fingerprint density at radius 3 is 2.30 bits per heavy atom. The van der Waals surface area contributed by atoms with Gasteiger partial charge in [0.1, 0.15) is 0 Å². The number of rotatable bonds is 7. The molecule has 5 heteroatoms. The summed E-state index contributed by atoms with van der Waals surface area (Å²) in [7, 11) is 1.85. The molecule has 0 bridgehead atoms. The van der Waals surface area contributed by atoms with Gasteiger partial charge in [-0.25, -0.2) is 0 Å². The molecule has 2 aromatic carbocycles. The second kappa shape index (κ2) is 8.13. The van der Waals surface area contributed by atoms with Gasteiger partial charge >= 0.3 is 0 Å². The second-order valence-corrected chi connectivity index (χ2v) is 7.84. The predicted molar refractivity (Wildman–Crippen MR) is 108 cm³/mol. The SMILES string of the molecule is CC(=O)NC(CC(=O)N(C)CC1(c2ccccc2)CC1)c1ccc(Cl)cc1. The van der Waals surface area contributed by atoms with Crippen molar-refractivity contribution < 1.29 is 9.59 Å². The van der Waals surface area contributed by atoms with E-state index in [1.807, 2.05) is 37.4 Å². The van der Waals surface area contributed by atoms with Gasteiger partial charge in [-0.3, -0.25) is 9.59 Å². The molecule has 1 saturated carbocycles. The topological polar surface area (TPSA) is 49.4 Å². The van der Waals surface area contributed by atoms with Crippen LogP contribution in [0.5, 0.6) is 0 Å². The van der Waals surface area contributed by atoms with Crippen LogP contribution < -0.4 is 5.32 Å². The summed E-state index contributed by atoms with van der Waals surface area (Å²) in [6.07, 6.45) is 2.42. The third-order valence-corrected chi connectivity index (χ3v) is 5.49. The van der Waals surface area contributed by atoms with Crippen molar-refractivity contribution in [3.05, 3.63) is 70.7 Å². The first-order valence-electron chi connectivity index (χ1n) is 9.22. The number of nitrogens with one attached hydrogen (secondary N) is 1. The fourth-order valence-corrected chi connectivity index (χ4v) is 3.67. The molecular weight excluding hydrogens is 360 g/mol. The summed E-state index contributed by atoms with van der Waals surface area (Å²) in [6, 6.07) is 17.3. The summed E-state index contributed by atoms with van der Waals surface area (Å²) in [5, 5.41) is 3.51. The van der Waals surface area contributed by atoms with Gasteiger partial charge in [0.05, 0.1) is 12.5 Å². The van der Waals surface area contributed by atoms with Crippen LogP contribution in [0.3, 0.4) is 0 Å². The quantitative estimate of drug-likeness (QED) is 0.781. The lowest BCUT2D eigenvalue weighted by Gasteiger charge is -2.26. The number of carbonyl (C=O) groups excluding carboxylic acids is 2. The molecule has 0 aromatic heterocycles. The summed E-state index contributed by atoms with van der Waals surface area (Å²) in [5.74, 6) is -0.140. The van der Waals surface area contributed by atoms with Gasteiger partial charge in [0.25, 0.3) is 0 Å². The Kier molecular flexibility index (Phi) is 5.85. The molecule has 2 aromatic rings. The van der Waals surface area contributed by atoms with Gasteiger partial charge in [0, 0.05) is 31.0 Å². The molecule has 0 spiro atoms. The first-order valence-corrected chi connectivity index (χ1v) is 9.59. The number of nitrogens with zero attached hydrogens (tertiary/aromatic N) is 1. The number of hydrogen-bond acceptors (Lipinski definition) is 2. The molecule has 0 radical (unpaired) electrons. The highest BCUT2D eigenvalue weighted by molar-refractivity contribution is 6.30. The van der Waals surface area contributed by atoms with Crippen LogP contribution in [-0.2, 0) is 15.0 Å². The summed E-state index contributed by atoms with van der Waals surface area (Å²) in [6.45, 7) is 2.16. The minimum atomic E-state index is -0.360. The van der Waals surface area contributed by atoms with Crippen molar-refractivity contribution >= 4 is 23.4 Å². The number of likely N-dealkylation sites (N-methyl/N-ethyl adjacent to an activating group) is 1. The monoisotopic (exact) mass is 384 g/mol. The third kappa shape index (κ3) is 4.89. The zero-order chi connectivity index (χ0) is 19.4. The van der Waals surface area contributed by atoms with Gasteiger partial charge in [-0.15, -0.1) is 0 Å². The molecule has 1 aliphatic rings. The molecule has 2 amide bonds. The van der Waals surface area contributed by atoms with E-state index in [0.29, 0.717) is 11.6 Å². The van der Waals surface area contributed by atoms with E-state index in [4.69, 9.17) is 11.6 Å². The highest BCUT2D eigenvalue weighted by Gasteiger charge is 2.45. The lowest BCUT2D eigenvalue weighted by atomic mass is 9.95. The molecule has 27 heavy (non-hydrogen) atoms. The molecule has 0 saturated heterocycles. The molecule has 4 nitrogen and oxygen atoms in total. The van der Waals surface area contributed by atoms with Crippen molar-refractivity contribution in [1.29, 1.82) is 0 Å². The zero-order valence-electron chi connectivity index (χ0n) is 15.7. The van der Waals surface area contributed by atoms with Crippen molar-refractivity contribution in [3.63, 3.8) is 0 Å². The van der Waals surface area contributed by atoms with Crippen molar-refractivity contribution in [2.24, 2.45) is 0 Å². The largest absolute Gasteiger partial charge is 0.349 e. The van der Waals surface area contributed by atoms with Crippen LogP contribution in [0, 0.1) is 0 Å². The summed E-state index contributed by atoms with van der Waals surface area (Å²) in [4.78, 5) is 26.3. The van der Waals surface area contributed by atoms with E-state index < -0.39 is 0 Å². The van der Waals surface area contributed by atoms with E-state index in [1.54, 1.807) is 17.0 Å². The predicted octanol–water partition coefficient (Wildman–Crippen LogP) is 4.10. The molecule has 3 rings (SSSR count).